The van der Waals surface area contributed by atoms with Crippen LogP contribution in [-0.2, 0) is 19.9 Å². The van der Waals surface area contributed by atoms with Crippen LogP contribution in [0.4, 0.5) is 0 Å². The summed E-state index contributed by atoms with van der Waals surface area (Å²) in [7, 11) is -7.23. The summed E-state index contributed by atoms with van der Waals surface area (Å²) in [6.07, 6.45) is 0.719. The smallest absolute Gasteiger partial charge is 0.253 e. The van der Waals surface area contributed by atoms with Crippen LogP contribution in [0.1, 0.15) is 23.2 Å². The molecule has 2 N–H and O–H groups in total. The zero-order valence-corrected chi connectivity index (χ0v) is 16.1. The number of benzene rings is 2. The number of amides is 1. The Kier molecular flexibility index (Phi) is 5.36. The van der Waals surface area contributed by atoms with Gasteiger partial charge >= 0.3 is 0 Å². The third kappa shape index (κ3) is 4.20. The van der Waals surface area contributed by atoms with Crippen LogP contribution in [-0.4, -0.2) is 46.0 Å². The molecule has 1 fully saturated rings. The average Bonchev–Trinajstić information content (AvgIpc) is 2.67. The van der Waals surface area contributed by atoms with Gasteiger partial charge in [-0.3, -0.25) is 4.79 Å². The van der Waals surface area contributed by atoms with E-state index in [9.17, 15) is 21.6 Å². The molecule has 3 rings (SSSR count). The molecular formula is C18H20N2O5S2. The highest BCUT2D eigenvalue weighted by Gasteiger charge is 2.32. The highest BCUT2D eigenvalue weighted by molar-refractivity contribution is 7.92. The number of hydrogen-bond acceptors (Lipinski definition) is 5. The van der Waals surface area contributed by atoms with Crippen molar-refractivity contribution in [3.63, 3.8) is 0 Å². The van der Waals surface area contributed by atoms with E-state index in [1.54, 1.807) is 35.2 Å². The lowest BCUT2D eigenvalue weighted by Gasteiger charge is -2.31. The molecule has 144 valence electrons. The van der Waals surface area contributed by atoms with Gasteiger partial charge in [0, 0.05) is 18.7 Å². The molecule has 0 spiro atoms. The topological polar surface area (TPSA) is 115 Å². The molecular weight excluding hydrogens is 388 g/mol. The first-order chi connectivity index (χ1) is 12.7. The highest BCUT2D eigenvalue weighted by Crippen LogP contribution is 2.25. The molecule has 0 aromatic heterocycles. The molecule has 0 saturated carbocycles. The number of hydrogen-bond donors (Lipinski definition) is 1. The van der Waals surface area contributed by atoms with Crippen LogP contribution in [0.25, 0.3) is 0 Å². The van der Waals surface area contributed by atoms with Crippen LogP contribution in [0.15, 0.2) is 64.4 Å². The lowest BCUT2D eigenvalue weighted by Crippen LogP contribution is -2.42. The van der Waals surface area contributed by atoms with Gasteiger partial charge in [0.05, 0.1) is 15.0 Å². The number of piperidine rings is 1. The lowest BCUT2D eigenvalue weighted by atomic mass is 10.1. The number of carbonyl (C=O) groups is 1. The van der Waals surface area contributed by atoms with Crippen molar-refractivity contribution >= 4 is 25.8 Å². The van der Waals surface area contributed by atoms with Gasteiger partial charge in [-0.25, -0.2) is 22.0 Å². The zero-order chi connectivity index (χ0) is 19.7. The number of nitrogens with zero attached hydrogens (tertiary/aromatic N) is 1. The highest BCUT2D eigenvalue weighted by atomic mass is 32.2. The fourth-order valence-corrected chi connectivity index (χ4v) is 5.41. The fourth-order valence-electron chi connectivity index (χ4n) is 3.14. The maximum Gasteiger partial charge on any atom is 0.253 e. The Morgan fingerprint density at radius 2 is 1.41 bits per heavy atom. The standard InChI is InChI=1S/C18H20N2O5S2/c19-27(24,25)17-8-6-14(7-9-17)18(21)20-12-10-16(11-13-20)26(22,23)15-4-2-1-3-5-15/h1-9,16H,10-13H2,(H2,19,24,25). The minimum Gasteiger partial charge on any atom is -0.339 e. The summed E-state index contributed by atoms with van der Waals surface area (Å²) < 4.78 is 48.0. The molecule has 0 unspecified atom stereocenters. The monoisotopic (exact) mass is 408 g/mol. The van der Waals surface area contributed by atoms with Crippen molar-refractivity contribution < 1.29 is 21.6 Å². The predicted octanol–water partition coefficient (Wildman–Crippen LogP) is 1.41. The van der Waals surface area contributed by atoms with E-state index in [0.29, 0.717) is 36.4 Å². The van der Waals surface area contributed by atoms with Crippen LogP contribution < -0.4 is 5.14 Å². The molecule has 0 bridgehead atoms. The third-order valence-corrected chi connectivity index (χ3v) is 7.88. The summed E-state index contributed by atoms with van der Waals surface area (Å²) in [6.45, 7) is 0.652. The Hall–Kier alpha value is -2.23. The first-order valence-electron chi connectivity index (χ1n) is 8.41. The number of sulfone groups is 1. The van der Waals surface area contributed by atoms with Crippen LogP contribution in [0.3, 0.4) is 0 Å². The SMILES string of the molecule is NS(=O)(=O)c1ccc(C(=O)N2CCC(S(=O)(=O)c3ccccc3)CC2)cc1. The van der Waals surface area contributed by atoms with E-state index >= 15 is 0 Å². The number of sulfonamides is 1. The average molecular weight is 409 g/mol. The maximum absolute atomic E-state index is 12.7. The largest absolute Gasteiger partial charge is 0.339 e. The van der Waals surface area contributed by atoms with Gasteiger partial charge in [0.2, 0.25) is 10.0 Å². The molecule has 2 aromatic carbocycles. The van der Waals surface area contributed by atoms with Crippen molar-refractivity contribution in [2.75, 3.05) is 13.1 Å². The third-order valence-electron chi connectivity index (χ3n) is 4.67. The number of primary sulfonamides is 1. The van der Waals surface area contributed by atoms with Crippen molar-refractivity contribution in [3.05, 3.63) is 60.2 Å². The number of likely N-dealkylation sites (tertiary alicyclic amines) is 1. The number of nitrogens with two attached hydrogens (primary N) is 1. The van der Waals surface area contributed by atoms with Crippen LogP contribution in [0.5, 0.6) is 0 Å². The van der Waals surface area contributed by atoms with Gasteiger partial charge in [-0.2, -0.15) is 0 Å². The molecule has 7 nitrogen and oxygen atoms in total. The van der Waals surface area contributed by atoms with Crippen molar-refractivity contribution in [3.8, 4) is 0 Å². The molecule has 27 heavy (non-hydrogen) atoms. The Morgan fingerprint density at radius 1 is 0.852 bits per heavy atom. The van der Waals surface area contributed by atoms with Gasteiger partial charge in [0.15, 0.2) is 9.84 Å². The van der Waals surface area contributed by atoms with Crippen molar-refractivity contribution in [2.45, 2.75) is 27.9 Å². The van der Waals surface area contributed by atoms with E-state index in [1.165, 1.54) is 24.3 Å². The minimum absolute atomic E-state index is 0.0632. The van der Waals surface area contributed by atoms with Crippen LogP contribution >= 0.6 is 0 Å². The molecule has 1 heterocycles. The molecule has 1 aliphatic heterocycles. The predicted molar refractivity (Wildman–Crippen MR) is 100 cm³/mol. The fraction of sp³-hybridized carbons (Fsp3) is 0.278. The van der Waals surface area contributed by atoms with Crippen molar-refractivity contribution in [1.82, 2.24) is 4.90 Å². The Balaban J connectivity index is 1.68. The summed E-state index contributed by atoms with van der Waals surface area (Å²) in [5.74, 6) is -0.258. The zero-order valence-electron chi connectivity index (χ0n) is 14.5. The number of rotatable bonds is 4. The summed E-state index contributed by atoms with van der Waals surface area (Å²) in [4.78, 5) is 14.4. The molecule has 1 aliphatic rings. The van der Waals surface area contributed by atoms with Crippen LogP contribution in [0.2, 0.25) is 0 Å². The second-order valence-electron chi connectivity index (χ2n) is 6.42. The Bertz CT molecular complexity index is 1020. The van der Waals surface area contributed by atoms with Crippen LogP contribution in [0, 0.1) is 0 Å². The van der Waals surface area contributed by atoms with Crippen molar-refractivity contribution in [2.24, 2.45) is 5.14 Å². The summed E-state index contributed by atoms with van der Waals surface area (Å²) in [5, 5.41) is 4.53. The molecule has 1 amide bonds. The maximum atomic E-state index is 12.7. The van der Waals surface area contributed by atoms with Gasteiger partial charge in [-0.1, -0.05) is 18.2 Å². The molecule has 9 heteroatoms. The normalized spacial score (nSPS) is 16.3. The summed E-state index contributed by atoms with van der Waals surface area (Å²) in [5.41, 5.74) is 0.340. The lowest BCUT2D eigenvalue weighted by molar-refractivity contribution is 0.0725. The second-order valence-corrected chi connectivity index (χ2v) is 10.2. The van der Waals surface area contributed by atoms with Gasteiger partial charge in [0.1, 0.15) is 0 Å². The van der Waals surface area contributed by atoms with E-state index < -0.39 is 25.1 Å². The van der Waals surface area contributed by atoms with Crippen molar-refractivity contribution in [1.29, 1.82) is 0 Å². The van der Waals surface area contributed by atoms with Gasteiger partial charge in [-0.05, 0) is 49.2 Å². The summed E-state index contributed by atoms with van der Waals surface area (Å²) in [6, 6.07) is 13.7. The summed E-state index contributed by atoms with van der Waals surface area (Å²) >= 11 is 0. The first-order valence-corrected chi connectivity index (χ1v) is 11.5. The van der Waals surface area contributed by atoms with E-state index in [1.807, 2.05) is 0 Å². The first kappa shape index (κ1) is 19.5. The number of carbonyl (C=O) groups excluding carboxylic acids is 1. The Labute approximate surface area is 158 Å². The Morgan fingerprint density at radius 3 is 1.93 bits per heavy atom. The van der Waals surface area contributed by atoms with E-state index in [-0.39, 0.29) is 10.8 Å². The molecule has 2 aromatic rings. The molecule has 0 aliphatic carbocycles. The van der Waals surface area contributed by atoms with E-state index in [4.69, 9.17) is 5.14 Å². The minimum atomic E-state index is -3.81. The molecule has 0 atom stereocenters. The van der Waals surface area contributed by atoms with Gasteiger partial charge in [-0.15, -0.1) is 0 Å². The van der Waals surface area contributed by atoms with E-state index in [2.05, 4.69) is 0 Å². The van der Waals surface area contributed by atoms with Gasteiger partial charge in [0.25, 0.3) is 5.91 Å². The second kappa shape index (κ2) is 7.41. The van der Waals surface area contributed by atoms with E-state index in [0.717, 1.165) is 0 Å². The quantitative estimate of drug-likeness (QED) is 0.821. The molecule has 0 radical (unpaired) electrons. The van der Waals surface area contributed by atoms with Gasteiger partial charge < -0.3 is 4.90 Å². The molecule has 1 saturated heterocycles.